The van der Waals surface area contributed by atoms with Crippen LogP contribution in [0.25, 0.3) is 22.1 Å². The highest BCUT2D eigenvalue weighted by atomic mass is 35.5. The zero-order valence-electron chi connectivity index (χ0n) is 21.5. The Balaban J connectivity index is 0.00000176. The van der Waals surface area contributed by atoms with Gasteiger partial charge in [-0.3, -0.25) is 0 Å². The van der Waals surface area contributed by atoms with E-state index in [0.717, 1.165) is 24.9 Å². The van der Waals surface area contributed by atoms with Gasteiger partial charge in [0.25, 0.3) is 0 Å². The van der Waals surface area contributed by atoms with Crippen molar-refractivity contribution in [3.63, 3.8) is 0 Å². The highest BCUT2D eigenvalue weighted by molar-refractivity contribution is 6.28. The number of imidazole rings is 1. The molecule has 9 nitrogen and oxygen atoms in total. The van der Waals surface area contributed by atoms with Crippen LogP contribution >= 0.6 is 11.6 Å². The minimum Gasteiger partial charge on any atom is -0.450 e. The Morgan fingerprint density at radius 2 is 1.94 bits per heavy atom. The summed E-state index contributed by atoms with van der Waals surface area (Å²) >= 11 is 5.89. The summed E-state index contributed by atoms with van der Waals surface area (Å²) in [5.74, 6) is 0.916. The largest absolute Gasteiger partial charge is 0.450 e. The van der Waals surface area contributed by atoms with Crippen LogP contribution < -0.4 is 11.1 Å². The number of nitrogens with two attached hydrogens (primary N) is 1. The molecule has 36 heavy (non-hydrogen) atoms. The minimum absolute atomic E-state index is 0.0923. The molecule has 4 aromatic rings. The van der Waals surface area contributed by atoms with E-state index < -0.39 is 6.09 Å². The van der Waals surface area contributed by atoms with Crippen LogP contribution in [0.3, 0.4) is 0 Å². The third kappa shape index (κ3) is 7.10. The molecule has 1 aromatic carbocycles. The van der Waals surface area contributed by atoms with Gasteiger partial charge in [0.15, 0.2) is 11.5 Å². The van der Waals surface area contributed by atoms with Crippen molar-refractivity contribution in [3.05, 3.63) is 47.6 Å². The van der Waals surface area contributed by atoms with Gasteiger partial charge < -0.3 is 24.9 Å². The summed E-state index contributed by atoms with van der Waals surface area (Å²) in [5.41, 5.74) is 9.19. The van der Waals surface area contributed by atoms with Gasteiger partial charge in [0.05, 0.1) is 12.9 Å². The van der Waals surface area contributed by atoms with E-state index >= 15 is 0 Å². The number of nitrogens with zero attached hydrogens (tertiary/aromatic N) is 5. The SMILES string of the molecule is CC.CC(C)CCn1ccc2ccc(CNC(=O)OCCCCn3cnc4c(N)nc(Cl)nc43)cc21. The highest BCUT2D eigenvalue weighted by Gasteiger charge is 2.10. The number of carbonyl (C=O) groups is 1. The molecule has 10 heteroatoms. The molecular weight excluding hydrogens is 478 g/mol. The summed E-state index contributed by atoms with van der Waals surface area (Å²) in [6, 6.07) is 8.39. The topological polar surface area (TPSA) is 113 Å². The maximum absolute atomic E-state index is 12.1. The zero-order chi connectivity index (χ0) is 26.1. The Hall–Kier alpha value is -3.33. The van der Waals surface area contributed by atoms with Crippen LogP contribution in [-0.4, -0.2) is 36.8 Å². The Bertz CT molecular complexity index is 1280. The number of nitrogens with one attached hydrogen (secondary N) is 1. The van der Waals surface area contributed by atoms with E-state index in [2.05, 4.69) is 63.1 Å². The first-order valence-electron chi connectivity index (χ1n) is 12.5. The quantitative estimate of drug-likeness (QED) is 0.205. The number of rotatable bonds is 10. The number of amides is 1. The Morgan fingerprint density at radius 3 is 2.72 bits per heavy atom. The van der Waals surface area contributed by atoms with Gasteiger partial charge >= 0.3 is 6.09 Å². The van der Waals surface area contributed by atoms with Crippen LogP contribution in [0.1, 0.15) is 52.5 Å². The predicted molar refractivity (Wildman–Crippen MR) is 145 cm³/mol. The summed E-state index contributed by atoms with van der Waals surface area (Å²) in [7, 11) is 0. The van der Waals surface area contributed by atoms with Crippen LogP contribution in [0.15, 0.2) is 36.8 Å². The molecule has 0 aliphatic carbocycles. The fourth-order valence-electron chi connectivity index (χ4n) is 3.81. The molecule has 194 valence electrons. The van der Waals surface area contributed by atoms with Gasteiger partial charge in [-0.15, -0.1) is 0 Å². The molecule has 4 rings (SSSR count). The smallest absolute Gasteiger partial charge is 0.407 e. The summed E-state index contributed by atoms with van der Waals surface area (Å²) in [5, 5.41) is 4.13. The number of benzene rings is 1. The molecule has 0 aliphatic rings. The maximum atomic E-state index is 12.1. The van der Waals surface area contributed by atoms with E-state index in [9.17, 15) is 4.79 Å². The standard InChI is InChI=1S/C24H30ClN7O2.C2H6/c1-16(2)7-10-31-11-8-18-6-5-17(13-19(18)31)14-27-24(33)34-12-4-3-9-32-15-28-20-21(26)29-23(25)30-22(20)32;1-2/h5-6,8,11,13,15-16H,3-4,7,9-10,12,14H2,1-2H3,(H,27,33)(H2,26,29,30);1-2H3. The number of unbranched alkanes of at least 4 members (excludes halogenated alkanes) is 1. The fraction of sp³-hybridized carbons (Fsp3) is 0.462. The molecule has 0 saturated heterocycles. The lowest BCUT2D eigenvalue weighted by Crippen LogP contribution is -2.24. The van der Waals surface area contributed by atoms with E-state index in [0.29, 0.717) is 43.2 Å². The Labute approximate surface area is 217 Å². The molecule has 3 N–H and O–H groups in total. The molecule has 0 spiro atoms. The molecule has 3 aromatic heterocycles. The number of alkyl carbamates (subject to hydrolysis) is 1. The third-order valence-corrected chi connectivity index (χ3v) is 5.88. The average Bonchev–Trinajstić information content (AvgIpc) is 3.46. The van der Waals surface area contributed by atoms with Crippen molar-refractivity contribution in [1.29, 1.82) is 0 Å². The number of hydrogen-bond donors (Lipinski definition) is 2. The van der Waals surface area contributed by atoms with Gasteiger partial charge in [-0.1, -0.05) is 39.8 Å². The molecule has 0 atom stereocenters. The molecule has 1 amide bonds. The van der Waals surface area contributed by atoms with E-state index in [1.54, 1.807) is 6.33 Å². The van der Waals surface area contributed by atoms with Crippen molar-refractivity contribution in [2.45, 2.75) is 66.6 Å². The van der Waals surface area contributed by atoms with Gasteiger partial charge in [0.2, 0.25) is 5.28 Å². The number of fused-ring (bicyclic) bond motifs is 2. The van der Waals surface area contributed by atoms with Crippen molar-refractivity contribution in [2.24, 2.45) is 5.92 Å². The van der Waals surface area contributed by atoms with Gasteiger partial charge in [0, 0.05) is 31.3 Å². The molecule has 0 bridgehead atoms. The van der Waals surface area contributed by atoms with Gasteiger partial charge in [-0.2, -0.15) is 9.97 Å². The van der Waals surface area contributed by atoms with Crippen molar-refractivity contribution in [2.75, 3.05) is 12.3 Å². The molecule has 0 fully saturated rings. The first-order valence-corrected chi connectivity index (χ1v) is 12.9. The number of halogens is 1. The third-order valence-electron chi connectivity index (χ3n) is 5.71. The summed E-state index contributed by atoms with van der Waals surface area (Å²) in [6.07, 6.45) is 5.99. The number of anilines is 1. The molecule has 3 heterocycles. The van der Waals surface area contributed by atoms with Crippen molar-refractivity contribution in [3.8, 4) is 0 Å². The second-order valence-corrected chi connectivity index (χ2v) is 9.11. The fourth-order valence-corrected chi connectivity index (χ4v) is 3.98. The summed E-state index contributed by atoms with van der Waals surface area (Å²) in [4.78, 5) is 24.5. The second-order valence-electron chi connectivity index (χ2n) is 8.77. The van der Waals surface area contributed by atoms with E-state index in [1.165, 1.54) is 10.9 Å². The number of hydrogen-bond acceptors (Lipinski definition) is 6. The van der Waals surface area contributed by atoms with Gasteiger partial charge in [-0.05, 0) is 59.9 Å². The van der Waals surface area contributed by atoms with Crippen LogP contribution in [0.4, 0.5) is 10.6 Å². The lowest BCUT2D eigenvalue weighted by Gasteiger charge is -2.10. The van der Waals surface area contributed by atoms with Gasteiger partial charge in [-0.25, -0.2) is 9.78 Å². The molecule has 0 radical (unpaired) electrons. The summed E-state index contributed by atoms with van der Waals surface area (Å²) in [6.45, 7) is 10.9. The summed E-state index contributed by atoms with van der Waals surface area (Å²) < 4.78 is 9.46. The monoisotopic (exact) mass is 513 g/mol. The Kier molecular flexibility index (Phi) is 9.93. The molecular formula is C26H36ClN7O2. The lowest BCUT2D eigenvalue weighted by molar-refractivity contribution is 0.143. The lowest BCUT2D eigenvalue weighted by atomic mass is 10.1. The van der Waals surface area contributed by atoms with Crippen molar-refractivity contribution >= 4 is 45.6 Å². The number of aromatic nitrogens is 5. The van der Waals surface area contributed by atoms with Gasteiger partial charge in [0.1, 0.15) is 5.52 Å². The molecule has 0 unspecified atom stereocenters. The van der Waals surface area contributed by atoms with E-state index in [-0.39, 0.29) is 11.1 Å². The minimum atomic E-state index is -0.421. The normalized spacial score (nSPS) is 11.1. The van der Waals surface area contributed by atoms with Crippen LogP contribution in [-0.2, 0) is 24.4 Å². The number of aryl methyl sites for hydroxylation is 2. The van der Waals surface area contributed by atoms with Crippen LogP contribution in [0, 0.1) is 5.92 Å². The number of nitrogen functional groups attached to an aromatic ring is 1. The first kappa shape index (κ1) is 27.3. The van der Waals surface area contributed by atoms with Crippen molar-refractivity contribution in [1.82, 2.24) is 29.4 Å². The van der Waals surface area contributed by atoms with E-state index in [1.807, 2.05) is 24.5 Å². The second kappa shape index (κ2) is 13.1. The molecule has 0 aliphatic heterocycles. The molecule has 0 saturated carbocycles. The maximum Gasteiger partial charge on any atom is 0.407 e. The number of ether oxygens (including phenoxy) is 1. The first-order chi connectivity index (χ1) is 17.4. The van der Waals surface area contributed by atoms with Crippen LogP contribution in [0.2, 0.25) is 5.28 Å². The Morgan fingerprint density at radius 1 is 1.14 bits per heavy atom. The highest BCUT2D eigenvalue weighted by Crippen LogP contribution is 2.20. The predicted octanol–water partition coefficient (Wildman–Crippen LogP) is 5.80. The van der Waals surface area contributed by atoms with Crippen LogP contribution in [0.5, 0.6) is 0 Å². The average molecular weight is 514 g/mol. The number of carbonyl (C=O) groups excluding carboxylic acids is 1. The van der Waals surface area contributed by atoms with Crippen molar-refractivity contribution < 1.29 is 9.53 Å². The van der Waals surface area contributed by atoms with E-state index in [4.69, 9.17) is 22.1 Å². The zero-order valence-corrected chi connectivity index (χ0v) is 22.3.